The maximum absolute atomic E-state index is 10.5. The maximum Gasteiger partial charge on any atom is 0.469 e. The van der Waals surface area contributed by atoms with Crippen LogP contribution in [0, 0.1) is 0 Å². The van der Waals surface area contributed by atoms with E-state index in [9.17, 15) is 4.57 Å². The van der Waals surface area contributed by atoms with Crippen LogP contribution in [0.2, 0.25) is 0 Å². The highest BCUT2D eigenvalue weighted by Crippen LogP contribution is 2.43. The van der Waals surface area contributed by atoms with Gasteiger partial charge in [0.25, 0.3) is 0 Å². The van der Waals surface area contributed by atoms with Gasteiger partial charge in [-0.1, -0.05) is 0 Å². The molecule has 2 heterocycles. The second kappa shape index (κ2) is 3.30. The Labute approximate surface area is 82.2 Å². The minimum atomic E-state index is -4.45. The molecule has 14 heavy (non-hydrogen) atoms. The van der Waals surface area contributed by atoms with Gasteiger partial charge in [-0.15, -0.1) is 0 Å². The number of ether oxygens (including phenoxy) is 2. The summed E-state index contributed by atoms with van der Waals surface area (Å²) in [4.78, 5) is 17.1. The van der Waals surface area contributed by atoms with Gasteiger partial charge >= 0.3 is 7.82 Å². The largest absolute Gasteiger partial charge is 0.469 e. The first-order valence-corrected chi connectivity index (χ1v) is 5.68. The molecule has 0 aromatic carbocycles. The van der Waals surface area contributed by atoms with Gasteiger partial charge in [-0.25, -0.2) is 4.57 Å². The van der Waals surface area contributed by atoms with E-state index in [1.165, 1.54) is 0 Å². The lowest BCUT2D eigenvalue weighted by atomic mass is 9.94. The van der Waals surface area contributed by atoms with Crippen molar-refractivity contribution in [3.8, 4) is 0 Å². The van der Waals surface area contributed by atoms with Gasteiger partial charge in [-0.3, -0.25) is 4.52 Å². The SMILES string of the molecule is [B][C@@H]1O[C@@]2(COP(=O)(O)O)COC1C2. The minimum absolute atomic E-state index is 0.185. The lowest BCUT2D eigenvalue weighted by molar-refractivity contribution is -0.128. The van der Waals surface area contributed by atoms with Crippen LogP contribution in [0.25, 0.3) is 0 Å². The molecule has 2 rings (SSSR count). The number of rotatable bonds is 3. The highest BCUT2D eigenvalue weighted by atomic mass is 31.2. The molecule has 2 saturated heterocycles. The van der Waals surface area contributed by atoms with Gasteiger partial charge in [0.1, 0.15) is 13.4 Å². The molecule has 3 atom stereocenters. The van der Waals surface area contributed by atoms with E-state index >= 15 is 0 Å². The van der Waals surface area contributed by atoms with Crippen molar-refractivity contribution < 1.29 is 28.3 Å². The molecule has 2 bridgehead atoms. The van der Waals surface area contributed by atoms with Crippen molar-refractivity contribution >= 4 is 15.7 Å². The molecule has 0 saturated carbocycles. The first-order valence-electron chi connectivity index (χ1n) is 4.15. The highest BCUT2D eigenvalue weighted by Gasteiger charge is 2.52. The molecule has 0 amide bonds. The van der Waals surface area contributed by atoms with E-state index in [1.807, 2.05) is 0 Å². The molecule has 2 aliphatic rings. The zero-order chi connectivity index (χ0) is 10.4. The molecule has 2 N–H and O–H groups in total. The topological polar surface area (TPSA) is 85.2 Å². The van der Waals surface area contributed by atoms with Gasteiger partial charge in [-0.05, 0) is 0 Å². The second-order valence-electron chi connectivity index (χ2n) is 3.58. The third-order valence-electron chi connectivity index (χ3n) is 2.38. The van der Waals surface area contributed by atoms with Crippen LogP contribution in [0.3, 0.4) is 0 Å². The van der Waals surface area contributed by atoms with Crippen LogP contribution in [0.1, 0.15) is 6.42 Å². The molecule has 0 aromatic heterocycles. The molecule has 0 aromatic rings. The second-order valence-corrected chi connectivity index (χ2v) is 4.82. The molecular weight excluding hydrogens is 210 g/mol. The first-order chi connectivity index (χ1) is 6.40. The summed E-state index contributed by atoms with van der Waals surface area (Å²) in [6, 6.07) is -0.524. The summed E-state index contributed by atoms with van der Waals surface area (Å²) in [5.74, 6) is 0. The van der Waals surface area contributed by atoms with E-state index < -0.39 is 19.4 Å². The Morgan fingerprint density at radius 1 is 1.64 bits per heavy atom. The van der Waals surface area contributed by atoms with Crippen molar-refractivity contribution in [1.82, 2.24) is 0 Å². The molecule has 2 radical (unpaired) electrons. The van der Waals surface area contributed by atoms with Gasteiger partial charge in [0.2, 0.25) is 0 Å². The lowest BCUT2D eigenvalue weighted by Crippen LogP contribution is -2.40. The number of phosphoric ester groups is 1. The summed E-state index contributed by atoms with van der Waals surface area (Å²) in [6.07, 6.45) is 0.337. The van der Waals surface area contributed by atoms with Crippen molar-refractivity contribution in [2.45, 2.75) is 24.1 Å². The van der Waals surface area contributed by atoms with Crippen molar-refractivity contribution in [2.75, 3.05) is 13.2 Å². The van der Waals surface area contributed by atoms with Gasteiger partial charge in [-0.2, -0.15) is 0 Å². The molecule has 0 spiro atoms. The molecular formula is C6H10BO6P. The summed E-state index contributed by atoms with van der Waals surface area (Å²) < 4.78 is 25.5. The van der Waals surface area contributed by atoms with Gasteiger partial charge in [0.15, 0.2) is 0 Å². The Balaban J connectivity index is 1.95. The van der Waals surface area contributed by atoms with Crippen LogP contribution in [-0.2, 0) is 18.6 Å². The van der Waals surface area contributed by atoms with Crippen molar-refractivity contribution in [3.63, 3.8) is 0 Å². The number of hydrogen-bond donors (Lipinski definition) is 2. The van der Waals surface area contributed by atoms with E-state index in [1.54, 1.807) is 0 Å². The Kier molecular flexibility index (Phi) is 2.50. The molecule has 8 heteroatoms. The minimum Gasteiger partial charge on any atom is -0.374 e. The quantitative estimate of drug-likeness (QED) is 0.475. The van der Waals surface area contributed by atoms with E-state index in [0.717, 1.165) is 0 Å². The zero-order valence-electron chi connectivity index (χ0n) is 7.33. The van der Waals surface area contributed by atoms with Crippen molar-refractivity contribution in [1.29, 1.82) is 0 Å². The third-order valence-corrected chi connectivity index (χ3v) is 2.85. The lowest BCUT2D eigenvalue weighted by Gasteiger charge is -2.29. The summed E-state index contributed by atoms with van der Waals surface area (Å²) >= 11 is 0. The molecule has 1 unspecified atom stereocenters. The average Bonchev–Trinajstić information content (AvgIpc) is 2.57. The Bertz CT molecular complexity index is 275. The van der Waals surface area contributed by atoms with Crippen LogP contribution in [-0.4, -0.2) is 48.6 Å². The molecule has 78 valence electrons. The molecule has 2 aliphatic heterocycles. The van der Waals surface area contributed by atoms with Crippen LogP contribution < -0.4 is 0 Å². The number of hydrogen-bond acceptors (Lipinski definition) is 4. The Morgan fingerprint density at radius 3 is 2.79 bits per heavy atom. The monoisotopic (exact) mass is 220 g/mol. The average molecular weight is 220 g/mol. The predicted octanol–water partition coefficient (Wildman–Crippen LogP) is -0.852. The van der Waals surface area contributed by atoms with E-state index in [2.05, 4.69) is 4.52 Å². The normalized spacial score (nSPS) is 41.9. The smallest absolute Gasteiger partial charge is 0.374 e. The van der Waals surface area contributed by atoms with Gasteiger partial charge in [0, 0.05) is 12.4 Å². The van der Waals surface area contributed by atoms with Gasteiger partial charge in [0.05, 0.1) is 19.3 Å². The fourth-order valence-corrected chi connectivity index (χ4v) is 2.14. The molecule has 6 nitrogen and oxygen atoms in total. The fourth-order valence-electron chi connectivity index (χ4n) is 1.74. The predicted molar refractivity (Wildman–Crippen MR) is 45.7 cm³/mol. The Morgan fingerprint density at radius 2 is 2.36 bits per heavy atom. The number of fused-ring (bicyclic) bond motifs is 2. The Hall–Kier alpha value is 0.0949. The van der Waals surface area contributed by atoms with Crippen LogP contribution in [0.4, 0.5) is 0 Å². The van der Waals surface area contributed by atoms with E-state index in [-0.39, 0.29) is 19.3 Å². The first kappa shape index (κ1) is 10.6. The van der Waals surface area contributed by atoms with E-state index in [4.69, 9.17) is 27.1 Å². The summed E-state index contributed by atoms with van der Waals surface area (Å²) in [6.45, 7) is 0.0762. The standard InChI is InChI=1S/C6H10BO6P/c7-5-4-1-6(13-5,2-11-4)3-12-14(8,9)10/h4-5H,1-3H2,(H2,8,9,10)/t4?,5-,6-/m1/s1. The van der Waals surface area contributed by atoms with Crippen LogP contribution in [0.5, 0.6) is 0 Å². The summed E-state index contributed by atoms with van der Waals surface area (Å²) in [5, 5.41) is 0. The van der Waals surface area contributed by atoms with Crippen LogP contribution in [0.15, 0.2) is 0 Å². The maximum atomic E-state index is 10.5. The van der Waals surface area contributed by atoms with Crippen molar-refractivity contribution in [2.24, 2.45) is 0 Å². The molecule has 0 aliphatic carbocycles. The van der Waals surface area contributed by atoms with Gasteiger partial charge < -0.3 is 19.3 Å². The summed E-state index contributed by atoms with van der Waals surface area (Å²) in [5.41, 5.74) is -0.773. The zero-order valence-corrected chi connectivity index (χ0v) is 8.22. The highest BCUT2D eigenvalue weighted by molar-refractivity contribution is 7.46. The third kappa shape index (κ3) is 2.03. The fraction of sp³-hybridized carbons (Fsp3) is 1.00. The summed E-state index contributed by atoms with van der Waals surface area (Å²) in [7, 11) is 1.10. The molecule has 2 fully saturated rings. The van der Waals surface area contributed by atoms with Crippen LogP contribution >= 0.6 is 7.82 Å². The van der Waals surface area contributed by atoms with E-state index in [0.29, 0.717) is 6.42 Å². The number of phosphoric acid groups is 1. The van der Waals surface area contributed by atoms with Crippen molar-refractivity contribution in [3.05, 3.63) is 0 Å².